The Morgan fingerprint density at radius 1 is 1.27 bits per heavy atom. The molecular formula is C11H12F2N2O5S2. The van der Waals surface area contributed by atoms with Crippen LogP contribution in [0.3, 0.4) is 0 Å². The average molecular weight is 354 g/mol. The average Bonchev–Trinajstić information content (AvgIpc) is 2.79. The molecule has 0 aromatic heterocycles. The molecular weight excluding hydrogens is 342 g/mol. The van der Waals surface area contributed by atoms with Crippen molar-refractivity contribution in [1.82, 2.24) is 10.3 Å². The number of sulfone groups is 1. The highest BCUT2D eigenvalue weighted by atomic mass is 32.2. The molecule has 1 aliphatic rings. The third-order valence-corrected chi connectivity index (χ3v) is 6.13. The van der Waals surface area contributed by atoms with Crippen molar-refractivity contribution >= 4 is 25.8 Å². The molecule has 0 unspecified atom stereocenters. The van der Waals surface area contributed by atoms with Gasteiger partial charge in [-0.1, -0.05) is 0 Å². The van der Waals surface area contributed by atoms with Crippen molar-refractivity contribution in [3.8, 4) is 0 Å². The molecule has 0 aliphatic carbocycles. The van der Waals surface area contributed by atoms with Crippen molar-refractivity contribution in [1.29, 1.82) is 0 Å². The summed E-state index contributed by atoms with van der Waals surface area (Å²) in [6, 6.07) is 1.84. The number of sulfonamides is 1. The van der Waals surface area contributed by atoms with Gasteiger partial charge in [-0.15, -0.1) is 4.83 Å². The van der Waals surface area contributed by atoms with E-state index in [-0.39, 0.29) is 17.9 Å². The van der Waals surface area contributed by atoms with Crippen molar-refractivity contribution in [2.75, 3.05) is 11.5 Å². The molecule has 122 valence electrons. The van der Waals surface area contributed by atoms with Crippen LogP contribution in [0.1, 0.15) is 6.42 Å². The molecule has 0 radical (unpaired) electrons. The zero-order valence-electron chi connectivity index (χ0n) is 11.0. The Morgan fingerprint density at radius 2 is 1.95 bits per heavy atom. The van der Waals surface area contributed by atoms with Crippen LogP contribution >= 0.6 is 0 Å². The normalized spacial score (nSPS) is 20.7. The van der Waals surface area contributed by atoms with Gasteiger partial charge in [0, 0.05) is 0 Å². The first-order valence-corrected chi connectivity index (χ1v) is 9.38. The summed E-state index contributed by atoms with van der Waals surface area (Å²) >= 11 is 0. The molecule has 1 aromatic carbocycles. The second-order valence-corrected chi connectivity index (χ2v) is 8.65. The lowest BCUT2D eigenvalue weighted by molar-refractivity contribution is -0.124. The number of hydrazine groups is 1. The molecule has 1 heterocycles. The van der Waals surface area contributed by atoms with Gasteiger partial charge in [-0.3, -0.25) is 10.2 Å². The van der Waals surface area contributed by atoms with E-state index >= 15 is 0 Å². The molecule has 1 aromatic rings. The van der Waals surface area contributed by atoms with Crippen LogP contribution in [-0.4, -0.2) is 34.2 Å². The lowest BCUT2D eigenvalue weighted by atomic mass is 10.1. The Balaban J connectivity index is 2.07. The second kappa shape index (κ2) is 5.89. The third-order valence-electron chi connectivity index (χ3n) is 3.09. The van der Waals surface area contributed by atoms with Gasteiger partial charge < -0.3 is 0 Å². The van der Waals surface area contributed by atoms with E-state index in [1.807, 2.05) is 5.43 Å². The maximum Gasteiger partial charge on any atom is 0.260 e. The highest BCUT2D eigenvalue weighted by Crippen LogP contribution is 2.18. The summed E-state index contributed by atoms with van der Waals surface area (Å²) in [6.07, 6.45) is 0.0736. The topological polar surface area (TPSA) is 109 Å². The van der Waals surface area contributed by atoms with Gasteiger partial charge in [0.1, 0.15) is 16.5 Å². The van der Waals surface area contributed by atoms with Crippen LogP contribution in [0.15, 0.2) is 23.1 Å². The minimum Gasteiger partial charge on any atom is -0.277 e. The van der Waals surface area contributed by atoms with Crippen LogP contribution in [0.4, 0.5) is 8.78 Å². The zero-order chi connectivity index (χ0) is 16.5. The Morgan fingerprint density at radius 3 is 2.55 bits per heavy atom. The third kappa shape index (κ3) is 3.78. The summed E-state index contributed by atoms with van der Waals surface area (Å²) in [7, 11) is -7.82. The largest absolute Gasteiger partial charge is 0.277 e. The summed E-state index contributed by atoms with van der Waals surface area (Å²) in [5.74, 6) is -4.42. The lowest BCUT2D eigenvalue weighted by Gasteiger charge is -2.11. The summed E-state index contributed by atoms with van der Waals surface area (Å²) in [5.41, 5.74) is 1.82. The van der Waals surface area contributed by atoms with E-state index in [1.54, 1.807) is 4.83 Å². The number of hydrogen-bond donors (Lipinski definition) is 2. The molecule has 7 nitrogen and oxygen atoms in total. The Bertz CT molecular complexity index is 808. The molecule has 2 N–H and O–H groups in total. The maximum absolute atomic E-state index is 13.4. The van der Waals surface area contributed by atoms with E-state index in [1.165, 1.54) is 0 Å². The molecule has 11 heteroatoms. The highest BCUT2D eigenvalue weighted by molar-refractivity contribution is 7.91. The van der Waals surface area contributed by atoms with Crippen molar-refractivity contribution in [3.63, 3.8) is 0 Å². The first kappa shape index (κ1) is 16.8. The summed E-state index contributed by atoms with van der Waals surface area (Å²) < 4.78 is 72.5. The summed E-state index contributed by atoms with van der Waals surface area (Å²) in [4.78, 5) is 12.3. The van der Waals surface area contributed by atoms with Crippen LogP contribution in [0.5, 0.6) is 0 Å². The molecule has 22 heavy (non-hydrogen) atoms. The molecule has 1 atom stereocenters. The van der Waals surface area contributed by atoms with Gasteiger partial charge in [0.15, 0.2) is 9.84 Å². The molecule has 1 saturated heterocycles. The van der Waals surface area contributed by atoms with Crippen molar-refractivity contribution < 1.29 is 30.4 Å². The predicted molar refractivity (Wildman–Crippen MR) is 71.6 cm³/mol. The highest BCUT2D eigenvalue weighted by Gasteiger charge is 2.33. The van der Waals surface area contributed by atoms with Gasteiger partial charge >= 0.3 is 0 Å². The van der Waals surface area contributed by atoms with E-state index in [0.717, 1.165) is 6.07 Å². The molecule has 1 fully saturated rings. The maximum atomic E-state index is 13.4. The van der Waals surface area contributed by atoms with Gasteiger partial charge in [0.25, 0.3) is 10.0 Å². The predicted octanol–water partition coefficient (Wildman–Crippen LogP) is -0.291. The zero-order valence-corrected chi connectivity index (χ0v) is 12.7. The first-order chi connectivity index (χ1) is 10.1. The SMILES string of the molecule is O=C(NNS(=O)(=O)c1cc(F)ccc1F)[C@H]1CCS(=O)(=O)C1. The van der Waals surface area contributed by atoms with Crippen LogP contribution in [0, 0.1) is 17.6 Å². The molecule has 0 bridgehead atoms. The van der Waals surface area contributed by atoms with Gasteiger partial charge in [-0.05, 0) is 24.6 Å². The number of rotatable bonds is 4. The Hall–Kier alpha value is -1.59. The number of nitrogens with one attached hydrogen (secondary N) is 2. The molecule has 0 saturated carbocycles. The van der Waals surface area contributed by atoms with Gasteiger partial charge in [-0.25, -0.2) is 25.6 Å². The van der Waals surface area contributed by atoms with Gasteiger partial charge in [-0.2, -0.15) is 0 Å². The fourth-order valence-electron chi connectivity index (χ4n) is 1.96. The monoisotopic (exact) mass is 354 g/mol. The fraction of sp³-hybridized carbons (Fsp3) is 0.364. The number of halogens is 2. The van der Waals surface area contributed by atoms with E-state index < -0.39 is 48.2 Å². The van der Waals surface area contributed by atoms with Gasteiger partial charge in [0.2, 0.25) is 5.91 Å². The van der Waals surface area contributed by atoms with Crippen molar-refractivity contribution in [2.45, 2.75) is 11.3 Å². The minimum atomic E-state index is -4.51. The van der Waals surface area contributed by atoms with E-state index in [4.69, 9.17) is 0 Å². The van der Waals surface area contributed by atoms with Crippen LogP contribution in [0.2, 0.25) is 0 Å². The first-order valence-electron chi connectivity index (χ1n) is 6.08. The van der Waals surface area contributed by atoms with Crippen LogP contribution < -0.4 is 10.3 Å². The summed E-state index contributed by atoms with van der Waals surface area (Å²) in [6.45, 7) is 0. The molecule has 1 aliphatic heterocycles. The number of hydrogen-bond acceptors (Lipinski definition) is 5. The Labute approximate surface area is 125 Å². The summed E-state index contributed by atoms with van der Waals surface area (Å²) in [5, 5.41) is 0. The number of amides is 1. The smallest absolute Gasteiger partial charge is 0.260 e. The minimum absolute atomic E-state index is 0.0736. The molecule has 1 amide bonds. The fourth-order valence-corrected chi connectivity index (χ4v) is 4.64. The van der Waals surface area contributed by atoms with E-state index in [0.29, 0.717) is 12.1 Å². The van der Waals surface area contributed by atoms with Crippen LogP contribution in [-0.2, 0) is 24.7 Å². The lowest BCUT2D eigenvalue weighted by Crippen LogP contribution is -2.45. The molecule has 0 spiro atoms. The standard InChI is InChI=1S/C11H12F2N2O5S2/c12-8-1-2-9(13)10(5-8)22(19,20)15-14-11(16)7-3-4-21(17,18)6-7/h1-2,5,7,15H,3-4,6H2,(H,14,16)/t7-/m0/s1. The van der Waals surface area contributed by atoms with Crippen LogP contribution in [0.25, 0.3) is 0 Å². The van der Waals surface area contributed by atoms with E-state index in [9.17, 15) is 30.4 Å². The quantitative estimate of drug-likeness (QED) is 0.722. The second-order valence-electron chi connectivity index (χ2n) is 4.77. The number of benzene rings is 1. The number of carbonyl (C=O) groups is 1. The molecule has 2 rings (SSSR count). The number of carbonyl (C=O) groups excluding carboxylic acids is 1. The van der Waals surface area contributed by atoms with E-state index in [2.05, 4.69) is 0 Å². The van der Waals surface area contributed by atoms with Crippen molar-refractivity contribution in [3.05, 3.63) is 29.8 Å². The Kier molecular flexibility index (Phi) is 4.49. The van der Waals surface area contributed by atoms with Gasteiger partial charge in [0.05, 0.1) is 17.4 Å². The van der Waals surface area contributed by atoms with Crippen molar-refractivity contribution in [2.24, 2.45) is 5.92 Å².